The maximum absolute atomic E-state index is 12.6. The Bertz CT molecular complexity index is 877. The monoisotopic (exact) mass is 497 g/mol. The minimum atomic E-state index is -3.48. The summed E-state index contributed by atoms with van der Waals surface area (Å²) in [5, 5.41) is 0.138. The predicted molar refractivity (Wildman–Crippen MR) is 138 cm³/mol. The third-order valence-electron chi connectivity index (χ3n) is 6.93. The number of rotatable bonds is 12. The lowest BCUT2D eigenvalue weighted by Crippen LogP contribution is -2.41. The fourth-order valence-electron chi connectivity index (χ4n) is 3.96. The van der Waals surface area contributed by atoms with Gasteiger partial charge in [-0.05, 0) is 55.1 Å². The summed E-state index contributed by atoms with van der Waals surface area (Å²) < 4.78 is 34.2. The molecule has 0 saturated carbocycles. The van der Waals surface area contributed by atoms with Crippen molar-refractivity contribution in [3.63, 3.8) is 0 Å². The minimum absolute atomic E-state index is 0.0473. The van der Waals surface area contributed by atoms with Crippen LogP contribution in [0.25, 0.3) is 0 Å². The van der Waals surface area contributed by atoms with Crippen LogP contribution >= 0.6 is 0 Å². The minimum Gasteiger partial charge on any atom is -0.410 e. The molecule has 1 saturated heterocycles. The van der Waals surface area contributed by atoms with Gasteiger partial charge in [-0.25, -0.2) is 0 Å². The van der Waals surface area contributed by atoms with Crippen molar-refractivity contribution in [3.8, 4) is 0 Å². The van der Waals surface area contributed by atoms with Crippen molar-refractivity contribution in [3.05, 3.63) is 29.8 Å². The highest BCUT2D eigenvalue weighted by Crippen LogP contribution is 2.41. The largest absolute Gasteiger partial charge is 0.410 e. The summed E-state index contributed by atoms with van der Waals surface area (Å²) in [4.78, 5) is 14.4. The molecule has 1 aromatic carbocycles. The molecule has 0 radical (unpaired) electrons. The molecule has 0 aliphatic carbocycles. The lowest BCUT2D eigenvalue weighted by molar-refractivity contribution is -0.117. The number of nitrogens with zero attached hydrogens (tertiary/aromatic N) is 1. The maximum atomic E-state index is 12.6. The zero-order valence-corrected chi connectivity index (χ0v) is 23.3. The van der Waals surface area contributed by atoms with E-state index in [2.05, 4.69) is 52.9 Å². The highest BCUT2D eigenvalue weighted by atomic mass is 32.2. The van der Waals surface area contributed by atoms with Crippen molar-refractivity contribution < 1.29 is 21.8 Å². The quantitative estimate of drug-likeness (QED) is 0.195. The van der Waals surface area contributed by atoms with Gasteiger partial charge in [0.2, 0.25) is 5.91 Å². The molecule has 2 atom stereocenters. The highest BCUT2D eigenvalue weighted by molar-refractivity contribution is 7.85. The third kappa shape index (κ3) is 8.19. The molecular formula is C25H43NO5SSi. The van der Waals surface area contributed by atoms with E-state index < -0.39 is 18.4 Å². The topological polar surface area (TPSA) is 72.9 Å². The van der Waals surface area contributed by atoms with Crippen LogP contribution in [0.3, 0.4) is 0 Å². The molecule has 1 aliphatic rings. The maximum Gasteiger partial charge on any atom is 0.264 e. The van der Waals surface area contributed by atoms with E-state index in [1.54, 1.807) is 4.90 Å². The first-order valence-electron chi connectivity index (χ1n) is 12.2. The van der Waals surface area contributed by atoms with Crippen molar-refractivity contribution in [1.29, 1.82) is 0 Å². The van der Waals surface area contributed by atoms with E-state index in [0.717, 1.165) is 30.3 Å². The van der Waals surface area contributed by atoms with Crippen LogP contribution in [0.4, 0.5) is 5.69 Å². The second kappa shape index (κ2) is 11.5. The number of benzene rings is 1. The number of carbonyl (C=O) groups is 1. The van der Waals surface area contributed by atoms with E-state index in [-0.39, 0.29) is 29.7 Å². The van der Waals surface area contributed by atoms with Crippen LogP contribution in [0, 0.1) is 0 Å². The SMILES string of the molecule is CCCCCC(O[Si](C)(C)C(C)(C)C)c1ccc(N2C(=O)CC[C@@H]2CCOS(C)(=O)=O)cc1. The molecule has 2 rings (SSSR count). The van der Waals surface area contributed by atoms with Gasteiger partial charge in [-0.3, -0.25) is 8.98 Å². The molecule has 188 valence electrons. The first-order valence-corrected chi connectivity index (χ1v) is 16.9. The molecule has 0 aromatic heterocycles. The molecule has 0 bridgehead atoms. The highest BCUT2D eigenvalue weighted by Gasteiger charge is 2.39. The summed E-state index contributed by atoms with van der Waals surface area (Å²) in [6.45, 7) is 13.7. The van der Waals surface area contributed by atoms with Gasteiger partial charge in [0, 0.05) is 18.2 Å². The van der Waals surface area contributed by atoms with Crippen molar-refractivity contribution in [2.45, 2.75) is 103 Å². The number of hydrogen-bond acceptors (Lipinski definition) is 5. The second-order valence-corrected chi connectivity index (χ2v) is 17.1. The molecule has 8 heteroatoms. The van der Waals surface area contributed by atoms with Crippen molar-refractivity contribution in [1.82, 2.24) is 0 Å². The fraction of sp³-hybridized carbons (Fsp3) is 0.720. The number of unbranched alkanes of at least 4 members (excludes halogenated alkanes) is 2. The van der Waals surface area contributed by atoms with Gasteiger partial charge in [0.1, 0.15) is 0 Å². The summed E-state index contributed by atoms with van der Waals surface area (Å²) in [6.07, 6.45) is 7.27. The summed E-state index contributed by atoms with van der Waals surface area (Å²) in [6, 6.07) is 8.15. The van der Waals surface area contributed by atoms with E-state index in [1.165, 1.54) is 12.8 Å². The van der Waals surface area contributed by atoms with Gasteiger partial charge in [-0.2, -0.15) is 8.42 Å². The van der Waals surface area contributed by atoms with Crippen molar-refractivity contribution in [2.24, 2.45) is 0 Å². The van der Waals surface area contributed by atoms with Gasteiger partial charge in [0.25, 0.3) is 10.1 Å². The van der Waals surface area contributed by atoms with E-state index in [0.29, 0.717) is 19.3 Å². The Labute approximate surface area is 202 Å². The molecule has 0 N–H and O–H groups in total. The van der Waals surface area contributed by atoms with Crippen LogP contribution in [0.15, 0.2) is 24.3 Å². The lowest BCUT2D eigenvalue weighted by atomic mass is 10.0. The summed E-state index contributed by atoms with van der Waals surface area (Å²) >= 11 is 0. The lowest BCUT2D eigenvalue weighted by Gasteiger charge is -2.39. The van der Waals surface area contributed by atoms with E-state index in [4.69, 9.17) is 8.61 Å². The molecule has 1 heterocycles. The number of hydrogen-bond donors (Lipinski definition) is 0. The number of amides is 1. The summed E-state index contributed by atoms with van der Waals surface area (Å²) in [7, 11) is -5.41. The average molecular weight is 498 g/mol. The molecule has 1 amide bonds. The Hall–Kier alpha value is -1.22. The number of carbonyl (C=O) groups excluding carboxylic acids is 1. The Kier molecular flexibility index (Phi) is 9.74. The predicted octanol–water partition coefficient (Wildman–Crippen LogP) is 6.19. The molecule has 6 nitrogen and oxygen atoms in total. The van der Waals surface area contributed by atoms with Crippen LogP contribution in [0.1, 0.15) is 84.3 Å². The smallest absolute Gasteiger partial charge is 0.264 e. The van der Waals surface area contributed by atoms with Gasteiger partial charge in [-0.1, -0.05) is 59.1 Å². The van der Waals surface area contributed by atoms with Crippen molar-refractivity contribution >= 4 is 30.0 Å². The normalized spacial score (nSPS) is 18.7. The first-order chi connectivity index (χ1) is 15.2. The molecule has 33 heavy (non-hydrogen) atoms. The third-order valence-corrected chi connectivity index (χ3v) is 12.0. The molecule has 1 aliphatic heterocycles. The fourth-order valence-corrected chi connectivity index (χ4v) is 5.68. The van der Waals surface area contributed by atoms with Crippen LogP contribution in [0.2, 0.25) is 18.1 Å². The molecule has 1 fully saturated rings. The number of anilines is 1. The Morgan fingerprint density at radius 2 is 1.79 bits per heavy atom. The Balaban J connectivity index is 2.18. The molecule has 1 aromatic rings. The van der Waals surface area contributed by atoms with Gasteiger partial charge >= 0.3 is 0 Å². The molecule has 0 spiro atoms. The van der Waals surface area contributed by atoms with E-state index in [9.17, 15) is 13.2 Å². The second-order valence-electron chi connectivity index (χ2n) is 10.7. The zero-order valence-electron chi connectivity index (χ0n) is 21.5. The Morgan fingerprint density at radius 3 is 2.33 bits per heavy atom. The van der Waals surface area contributed by atoms with Crippen LogP contribution in [0.5, 0.6) is 0 Å². The van der Waals surface area contributed by atoms with Gasteiger partial charge in [-0.15, -0.1) is 0 Å². The van der Waals surface area contributed by atoms with E-state index >= 15 is 0 Å². The first kappa shape index (κ1) is 28.0. The average Bonchev–Trinajstić information content (AvgIpc) is 3.06. The molecule has 1 unspecified atom stereocenters. The molecular weight excluding hydrogens is 454 g/mol. The zero-order chi connectivity index (χ0) is 24.9. The van der Waals surface area contributed by atoms with Crippen LogP contribution in [-0.4, -0.2) is 41.5 Å². The van der Waals surface area contributed by atoms with Gasteiger partial charge in [0.15, 0.2) is 8.32 Å². The van der Waals surface area contributed by atoms with Gasteiger partial charge < -0.3 is 9.33 Å². The summed E-state index contributed by atoms with van der Waals surface area (Å²) in [5.41, 5.74) is 2.01. The van der Waals surface area contributed by atoms with E-state index in [1.807, 2.05) is 12.1 Å². The standard InChI is InChI=1S/C25H43NO5SSi/c1-8-9-10-11-23(31-33(6,7)25(2,3)4)20-12-14-21(15-13-20)26-22(16-17-24(26)27)18-19-30-32(5,28)29/h12-15,22-23H,8-11,16-19H2,1-7H3/t22-,23?/m1/s1. The summed E-state index contributed by atoms with van der Waals surface area (Å²) in [5.74, 6) is 0.0733. The Morgan fingerprint density at radius 1 is 1.15 bits per heavy atom. The van der Waals surface area contributed by atoms with Crippen molar-refractivity contribution in [2.75, 3.05) is 17.8 Å². The van der Waals surface area contributed by atoms with Crippen LogP contribution in [-0.2, 0) is 23.5 Å². The van der Waals surface area contributed by atoms with Crippen LogP contribution < -0.4 is 4.90 Å². The van der Waals surface area contributed by atoms with Gasteiger partial charge in [0.05, 0.1) is 19.0 Å².